The number of hydrogen-bond acceptors (Lipinski definition) is 6. The van der Waals surface area contributed by atoms with E-state index < -0.39 is 11.9 Å². The van der Waals surface area contributed by atoms with Crippen molar-refractivity contribution in [2.24, 2.45) is 4.99 Å². The number of amidine groups is 1. The zero-order valence-electron chi connectivity index (χ0n) is 15.4. The normalized spacial score (nSPS) is 13.6. The van der Waals surface area contributed by atoms with Crippen LogP contribution in [0.4, 0.5) is 10.6 Å². The molecular weight excluding hydrogens is 372 g/mol. The van der Waals surface area contributed by atoms with Gasteiger partial charge < -0.3 is 10.5 Å². The SMILES string of the molecule is COc1ccc(-n2cnc(C3=NC(=O)N(C(=O)c4ccccc4)C3=N)c2N)cc1. The number of nitrogens with one attached hydrogen (secondary N) is 1. The molecule has 2 aromatic carbocycles. The maximum absolute atomic E-state index is 12.6. The number of anilines is 1. The molecule has 0 radical (unpaired) electrons. The van der Waals surface area contributed by atoms with Crippen LogP contribution in [0.25, 0.3) is 5.69 Å². The first-order valence-electron chi connectivity index (χ1n) is 8.60. The van der Waals surface area contributed by atoms with Crippen molar-refractivity contribution in [2.75, 3.05) is 12.8 Å². The van der Waals surface area contributed by atoms with Gasteiger partial charge in [-0.25, -0.2) is 14.7 Å². The highest BCUT2D eigenvalue weighted by atomic mass is 16.5. The maximum Gasteiger partial charge on any atom is 0.357 e. The lowest BCUT2D eigenvalue weighted by molar-refractivity contribution is 0.0882. The number of rotatable bonds is 4. The largest absolute Gasteiger partial charge is 0.497 e. The Morgan fingerprint density at radius 3 is 2.45 bits per heavy atom. The summed E-state index contributed by atoms with van der Waals surface area (Å²) in [6, 6.07) is 14.5. The zero-order chi connectivity index (χ0) is 20.5. The van der Waals surface area contributed by atoms with Crippen molar-refractivity contribution in [1.29, 1.82) is 5.41 Å². The number of ether oxygens (including phenoxy) is 1. The molecule has 1 aliphatic heterocycles. The van der Waals surface area contributed by atoms with E-state index in [9.17, 15) is 9.59 Å². The predicted molar refractivity (Wildman–Crippen MR) is 107 cm³/mol. The Kier molecular flexibility index (Phi) is 4.40. The maximum atomic E-state index is 12.6. The highest BCUT2D eigenvalue weighted by Gasteiger charge is 2.38. The van der Waals surface area contributed by atoms with E-state index in [2.05, 4.69) is 9.98 Å². The fourth-order valence-electron chi connectivity index (χ4n) is 2.95. The molecule has 0 saturated heterocycles. The molecule has 29 heavy (non-hydrogen) atoms. The molecule has 3 aromatic rings. The van der Waals surface area contributed by atoms with Gasteiger partial charge in [0.25, 0.3) is 5.91 Å². The van der Waals surface area contributed by atoms with E-state index in [0.717, 1.165) is 5.69 Å². The Labute approximate surface area is 165 Å². The van der Waals surface area contributed by atoms with Crippen LogP contribution in [0.2, 0.25) is 0 Å². The van der Waals surface area contributed by atoms with Crippen LogP contribution in [0.3, 0.4) is 0 Å². The Hall–Kier alpha value is -4.27. The standard InChI is InChI=1S/C20H16N6O3/c1-29-14-9-7-13(8-10-14)25-11-23-15(17(25)21)16-18(22)26(20(28)24-16)19(27)12-5-3-2-4-6-12/h2-11,22H,21H2,1H3. The number of nitrogens with two attached hydrogens (primary N) is 1. The number of benzene rings is 2. The van der Waals surface area contributed by atoms with Gasteiger partial charge in [-0.3, -0.25) is 14.8 Å². The molecule has 0 bridgehead atoms. The van der Waals surface area contributed by atoms with Gasteiger partial charge in [0.2, 0.25) is 0 Å². The summed E-state index contributed by atoms with van der Waals surface area (Å²) in [4.78, 5) is 33.7. The average Bonchev–Trinajstić information content (AvgIpc) is 3.27. The van der Waals surface area contributed by atoms with Crippen molar-refractivity contribution in [3.8, 4) is 11.4 Å². The summed E-state index contributed by atoms with van der Waals surface area (Å²) in [6.07, 6.45) is 1.47. The minimum atomic E-state index is -0.850. The lowest BCUT2D eigenvalue weighted by atomic mass is 10.2. The summed E-state index contributed by atoms with van der Waals surface area (Å²) < 4.78 is 6.73. The van der Waals surface area contributed by atoms with Gasteiger partial charge in [0.15, 0.2) is 5.84 Å². The number of hydrogen-bond donors (Lipinski definition) is 2. The quantitative estimate of drug-likeness (QED) is 0.710. The van der Waals surface area contributed by atoms with Gasteiger partial charge in [0.1, 0.15) is 29.3 Å². The smallest absolute Gasteiger partial charge is 0.357 e. The second-order valence-corrected chi connectivity index (χ2v) is 6.14. The lowest BCUT2D eigenvalue weighted by Crippen LogP contribution is -2.38. The molecule has 9 nitrogen and oxygen atoms in total. The fraction of sp³-hybridized carbons (Fsp3) is 0.0500. The number of imidazole rings is 1. The number of nitrogens with zero attached hydrogens (tertiary/aromatic N) is 4. The summed E-state index contributed by atoms with van der Waals surface area (Å²) in [5.41, 5.74) is 7.30. The Morgan fingerprint density at radius 1 is 1.10 bits per heavy atom. The fourth-order valence-corrected chi connectivity index (χ4v) is 2.95. The first-order chi connectivity index (χ1) is 14.0. The molecule has 3 amide bonds. The third-order valence-electron chi connectivity index (χ3n) is 4.45. The van der Waals surface area contributed by atoms with Gasteiger partial charge >= 0.3 is 6.03 Å². The van der Waals surface area contributed by atoms with Crippen molar-refractivity contribution < 1.29 is 14.3 Å². The molecule has 0 aliphatic carbocycles. The summed E-state index contributed by atoms with van der Waals surface area (Å²) in [7, 11) is 1.57. The number of amides is 3. The molecule has 1 aliphatic rings. The summed E-state index contributed by atoms with van der Waals surface area (Å²) in [5, 5.41) is 8.31. The summed E-state index contributed by atoms with van der Waals surface area (Å²) in [5.74, 6) is -0.112. The second-order valence-electron chi connectivity index (χ2n) is 6.14. The van der Waals surface area contributed by atoms with Crippen molar-refractivity contribution in [3.05, 3.63) is 72.2 Å². The second kappa shape index (κ2) is 7.04. The Balaban J connectivity index is 1.65. The van der Waals surface area contributed by atoms with Crippen LogP contribution in [0.5, 0.6) is 5.75 Å². The summed E-state index contributed by atoms with van der Waals surface area (Å²) >= 11 is 0. The first-order valence-corrected chi connectivity index (χ1v) is 8.60. The molecule has 0 unspecified atom stereocenters. The van der Waals surface area contributed by atoms with Crippen LogP contribution in [0, 0.1) is 5.41 Å². The van der Waals surface area contributed by atoms with E-state index in [-0.39, 0.29) is 28.6 Å². The first kappa shape index (κ1) is 18.1. The number of aromatic nitrogens is 2. The van der Waals surface area contributed by atoms with Crippen LogP contribution >= 0.6 is 0 Å². The van der Waals surface area contributed by atoms with Gasteiger partial charge in [0, 0.05) is 11.3 Å². The Morgan fingerprint density at radius 2 is 1.79 bits per heavy atom. The molecule has 0 saturated carbocycles. The molecule has 0 fully saturated rings. The van der Waals surface area contributed by atoms with Crippen molar-refractivity contribution in [1.82, 2.24) is 14.5 Å². The predicted octanol–water partition coefficient (Wildman–Crippen LogP) is 2.51. The van der Waals surface area contributed by atoms with Gasteiger partial charge in [-0.1, -0.05) is 18.2 Å². The molecule has 1 aromatic heterocycles. The molecule has 4 rings (SSSR count). The van der Waals surface area contributed by atoms with E-state index in [0.29, 0.717) is 10.6 Å². The van der Waals surface area contributed by atoms with E-state index in [4.69, 9.17) is 15.9 Å². The number of carbonyl (C=O) groups is 2. The molecular formula is C20H16N6O3. The number of carbonyl (C=O) groups excluding carboxylic acids is 2. The van der Waals surface area contributed by atoms with E-state index in [1.54, 1.807) is 66.3 Å². The van der Waals surface area contributed by atoms with Crippen LogP contribution in [-0.2, 0) is 0 Å². The van der Waals surface area contributed by atoms with Crippen LogP contribution in [0.15, 0.2) is 65.9 Å². The van der Waals surface area contributed by atoms with E-state index in [1.807, 2.05) is 0 Å². The number of nitrogen functional groups attached to an aromatic ring is 1. The van der Waals surface area contributed by atoms with E-state index >= 15 is 0 Å². The monoisotopic (exact) mass is 388 g/mol. The van der Waals surface area contributed by atoms with Crippen molar-refractivity contribution in [2.45, 2.75) is 0 Å². The third-order valence-corrected chi connectivity index (χ3v) is 4.45. The zero-order valence-corrected chi connectivity index (χ0v) is 15.4. The topological polar surface area (TPSA) is 127 Å². The van der Waals surface area contributed by atoms with Gasteiger partial charge in [-0.05, 0) is 36.4 Å². The van der Waals surface area contributed by atoms with Gasteiger partial charge in [-0.2, -0.15) is 4.99 Å². The third kappa shape index (κ3) is 3.04. The van der Waals surface area contributed by atoms with Crippen LogP contribution in [-0.4, -0.2) is 45.0 Å². The van der Waals surface area contributed by atoms with Gasteiger partial charge in [0.05, 0.1) is 7.11 Å². The molecule has 3 N–H and O–H groups in total. The van der Waals surface area contributed by atoms with Crippen LogP contribution in [0.1, 0.15) is 16.1 Å². The number of methoxy groups -OCH3 is 1. The highest BCUT2D eigenvalue weighted by molar-refractivity contribution is 6.55. The van der Waals surface area contributed by atoms with Gasteiger partial charge in [-0.15, -0.1) is 0 Å². The summed E-state index contributed by atoms with van der Waals surface area (Å²) in [6.45, 7) is 0. The highest BCUT2D eigenvalue weighted by Crippen LogP contribution is 2.23. The van der Waals surface area contributed by atoms with Crippen LogP contribution < -0.4 is 10.5 Å². The number of aliphatic imine (C=N–C) groups is 1. The average molecular weight is 388 g/mol. The molecule has 9 heteroatoms. The number of imide groups is 1. The minimum Gasteiger partial charge on any atom is -0.497 e. The lowest BCUT2D eigenvalue weighted by Gasteiger charge is -2.13. The number of urea groups is 1. The van der Waals surface area contributed by atoms with Crippen molar-refractivity contribution >= 4 is 29.3 Å². The van der Waals surface area contributed by atoms with Crippen molar-refractivity contribution in [3.63, 3.8) is 0 Å². The Bertz CT molecular complexity index is 1150. The molecule has 0 spiro atoms. The van der Waals surface area contributed by atoms with E-state index in [1.165, 1.54) is 6.33 Å². The molecule has 2 heterocycles. The molecule has 0 atom stereocenters. The molecule has 144 valence electrons. The minimum absolute atomic E-state index is 0.0518.